The van der Waals surface area contributed by atoms with Crippen molar-refractivity contribution in [2.75, 3.05) is 14.2 Å². The third kappa shape index (κ3) is 5.44. The fraction of sp³-hybridized carbons (Fsp3) is 0.417. The van der Waals surface area contributed by atoms with Crippen molar-refractivity contribution in [3.05, 3.63) is 59.2 Å². The Bertz CT molecular complexity index is 795. The molecule has 0 bridgehead atoms. The molecule has 0 spiro atoms. The van der Waals surface area contributed by atoms with Crippen LogP contribution in [0.4, 0.5) is 0 Å². The summed E-state index contributed by atoms with van der Waals surface area (Å²) in [6.45, 7) is 2.21. The van der Waals surface area contributed by atoms with Gasteiger partial charge in [0.1, 0.15) is 0 Å². The fourth-order valence-electron chi connectivity index (χ4n) is 3.50. The molecule has 0 aliphatic rings. The van der Waals surface area contributed by atoms with E-state index in [2.05, 4.69) is 6.92 Å². The molecule has 0 aliphatic heterocycles. The summed E-state index contributed by atoms with van der Waals surface area (Å²) >= 11 is 0. The van der Waals surface area contributed by atoms with Crippen LogP contribution in [0.25, 0.3) is 11.1 Å². The van der Waals surface area contributed by atoms with Gasteiger partial charge in [-0.2, -0.15) is 0 Å². The maximum atomic E-state index is 12.4. The highest BCUT2D eigenvalue weighted by atomic mass is 16.5. The second-order valence-electron chi connectivity index (χ2n) is 6.88. The molecule has 0 amide bonds. The third-order valence-electron chi connectivity index (χ3n) is 4.98. The number of esters is 2. The summed E-state index contributed by atoms with van der Waals surface area (Å²) in [6, 6.07) is 12.9. The first kappa shape index (κ1) is 21.7. The topological polar surface area (TPSA) is 52.6 Å². The number of carbonyl (C=O) groups is 2. The summed E-state index contributed by atoms with van der Waals surface area (Å²) in [4.78, 5) is 24.6. The van der Waals surface area contributed by atoms with E-state index in [-0.39, 0.29) is 11.9 Å². The van der Waals surface area contributed by atoms with Crippen molar-refractivity contribution >= 4 is 11.9 Å². The number of methoxy groups -OCH3 is 2. The largest absolute Gasteiger partial charge is 0.465 e. The van der Waals surface area contributed by atoms with Crippen molar-refractivity contribution in [1.29, 1.82) is 0 Å². The van der Waals surface area contributed by atoms with Gasteiger partial charge < -0.3 is 9.47 Å². The van der Waals surface area contributed by atoms with Crippen LogP contribution in [0.5, 0.6) is 0 Å². The van der Waals surface area contributed by atoms with Gasteiger partial charge in [0.25, 0.3) is 0 Å². The second kappa shape index (κ2) is 11.3. The molecule has 0 aliphatic carbocycles. The molecular formula is C24H30O4. The minimum atomic E-state index is -0.385. The van der Waals surface area contributed by atoms with Crippen LogP contribution in [0.1, 0.15) is 71.7 Å². The Balaban J connectivity index is 2.39. The van der Waals surface area contributed by atoms with Crippen LogP contribution in [0.2, 0.25) is 0 Å². The van der Waals surface area contributed by atoms with E-state index >= 15 is 0 Å². The molecule has 2 aromatic rings. The van der Waals surface area contributed by atoms with Crippen LogP contribution >= 0.6 is 0 Å². The van der Waals surface area contributed by atoms with Crippen molar-refractivity contribution in [3.8, 4) is 11.1 Å². The van der Waals surface area contributed by atoms with Crippen LogP contribution in [-0.2, 0) is 15.9 Å². The molecule has 0 heterocycles. The molecule has 0 aromatic heterocycles. The Hall–Kier alpha value is -2.62. The maximum absolute atomic E-state index is 12.4. The average Bonchev–Trinajstić information content (AvgIpc) is 2.75. The number of carbonyl (C=O) groups excluding carboxylic acids is 2. The van der Waals surface area contributed by atoms with Crippen LogP contribution in [0.15, 0.2) is 42.5 Å². The summed E-state index contributed by atoms with van der Waals surface area (Å²) in [5.74, 6) is -0.733. The molecule has 0 saturated carbocycles. The molecule has 0 fully saturated rings. The number of benzene rings is 2. The van der Waals surface area contributed by atoms with Crippen molar-refractivity contribution in [3.63, 3.8) is 0 Å². The Kier molecular flexibility index (Phi) is 8.73. The van der Waals surface area contributed by atoms with E-state index in [1.165, 1.54) is 39.9 Å². The zero-order chi connectivity index (χ0) is 20.4. The summed E-state index contributed by atoms with van der Waals surface area (Å²) in [7, 11) is 2.77. The van der Waals surface area contributed by atoms with Crippen molar-refractivity contribution in [2.24, 2.45) is 0 Å². The molecule has 0 radical (unpaired) electrons. The smallest absolute Gasteiger partial charge is 0.338 e. The molecule has 0 atom stereocenters. The zero-order valence-electron chi connectivity index (χ0n) is 17.1. The number of hydrogen-bond acceptors (Lipinski definition) is 4. The summed E-state index contributed by atoms with van der Waals surface area (Å²) in [6.07, 6.45) is 7.80. The van der Waals surface area contributed by atoms with Gasteiger partial charge in [-0.3, -0.25) is 0 Å². The first-order valence-corrected chi connectivity index (χ1v) is 10.0. The third-order valence-corrected chi connectivity index (χ3v) is 4.98. The molecule has 28 heavy (non-hydrogen) atoms. The molecular weight excluding hydrogens is 352 g/mol. The molecule has 2 aromatic carbocycles. The maximum Gasteiger partial charge on any atom is 0.338 e. The van der Waals surface area contributed by atoms with E-state index in [9.17, 15) is 9.59 Å². The van der Waals surface area contributed by atoms with E-state index < -0.39 is 0 Å². The van der Waals surface area contributed by atoms with Gasteiger partial charge in [0.2, 0.25) is 0 Å². The van der Waals surface area contributed by atoms with Crippen LogP contribution in [0.3, 0.4) is 0 Å². The lowest BCUT2D eigenvalue weighted by atomic mass is 9.89. The lowest BCUT2D eigenvalue weighted by Crippen LogP contribution is -2.09. The second-order valence-corrected chi connectivity index (χ2v) is 6.88. The average molecular weight is 383 g/mol. The van der Waals surface area contributed by atoms with Gasteiger partial charge >= 0.3 is 11.9 Å². The van der Waals surface area contributed by atoms with Crippen LogP contribution in [-0.4, -0.2) is 26.2 Å². The van der Waals surface area contributed by atoms with Crippen LogP contribution < -0.4 is 0 Å². The van der Waals surface area contributed by atoms with Gasteiger partial charge in [0, 0.05) is 0 Å². The van der Waals surface area contributed by atoms with E-state index in [0.29, 0.717) is 11.1 Å². The predicted octanol–water partition coefficient (Wildman–Crippen LogP) is 5.83. The fourth-order valence-corrected chi connectivity index (χ4v) is 3.50. The normalized spacial score (nSPS) is 10.5. The van der Waals surface area contributed by atoms with Crippen molar-refractivity contribution < 1.29 is 19.1 Å². The zero-order valence-corrected chi connectivity index (χ0v) is 17.1. The lowest BCUT2D eigenvalue weighted by Gasteiger charge is -2.16. The number of rotatable bonds is 10. The highest BCUT2D eigenvalue weighted by molar-refractivity contribution is 5.99. The molecule has 0 N–H and O–H groups in total. The van der Waals surface area contributed by atoms with Gasteiger partial charge in [0.05, 0.1) is 25.3 Å². The SMILES string of the molecule is CCCCCCCCc1c(C(=O)OC)cccc1-c1ccccc1C(=O)OC. The Labute approximate surface area is 167 Å². The molecule has 0 unspecified atom stereocenters. The summed E-state index contributed by atoms with van der Waals surface area (Å²) < 4.78 is 9.94. The first-order valence-electron chi connectivity index (χ1n) is 10.0. The lowest BCUT2D eigenvalue weighted by molar-refractivity contribution is 0.0592. The summed E-state index contributed by atoms with van der Waals surface area (Å²) in [5, 5.41) is 0. The molecule has 4 nitrogen and oxygen atoms in total. The van der Waals surface area contributed by atoms with Gasteiger partial charge in [-0.15, -0.1) is 0 Å². The molecule has 2 rings (SSSR count). The monoisotopic (exact) mass is 382 g/mol. The van der Waals surface area contributed by atoms with Crippen molar-refractivity contribution in [2.45, 2.75) is 51.9 Å². The van der Waals surface area contributed by atoms with E-state index in [1.807, 2.05) is 30.3 Å². The predicted molar refractivity (Wildman–Crippen MR) is 112 cm³/mol. The first-order chi connectivity index (χ1) is 13.6. The Morgan fingerprint density at radius 1 is 0.714 bits per heavy atom. The molecule has 0 saturated heterocycles. The van der Waals surface area contributed by atoms with E-state index in [0.717, 1.165) is 36.0 Å². The molecule has 4 heteroatoms. The highest BCUT2D eigenvalue weighted by Gasteiger charge is 2.20. The van der Waals surface area contributed by atoms with Gasteiger partial charge in [-0.25, -0.2) is 9.59 Å². The van der Waals surface area contributed by atoms with E-state index in [4.69, 9.17) is 9.47 Å². The van der Waals surface area contributed by atoms with Crippen LogP contribution in [0, 0.1) is 0 Å². The highest BCUT2D eigenvalue weighted by Crippen LogP contribution is 2.31. The van der Waals surface area contributed by atoms with Gasteiger partial charge in [0.15, 0.2) is 0 Å². The number of ether oxygens (including phenoxy) is 2. The Morgan fingerprint density at radius 3 is 2.00 bits per heavy atom. The van der Waals surface area contributed by atoms with E-state index in [1.54, 1.807) is 12.1 Å². The van der Waals surface area contributed by atoms with Gasteiger partial charge in [-0.1, -0.05) is 69.4 Å². The minimum Gasteiger partial charge on any atom is -0.465 e. The minimum absolute atomic E-state index is 0.349. The summed E-state index contributed by atoms with van der Waals surface area (Å²) in [5.41, 5.74) is 3.66. The standard InChI is InChI=1S/C24H30O4/c1-4-5-6-7-8-9-13-19-18(16-12-17-22(19)24(26)28-3)20-14-10-11-15-21(20)23(25)27-2/h10-12,14-17H,4-9,13H2,1-3H3. The van der Waals surface area contributed by atoms with Crippen molar-refractivity contribution in [1.82, 2.24) is 0 Å². The Morgan fingerprint density at radius 2 is 1.29 bits per heavy atom. The number of unbranched alkanes of at least 4 members (excludes halogenated alkanes) is 5. The quantitative estimate of drug-likeness (QED) is 0.383. The van der Waals surface area contributed by atoms with Gasteiger partial charge in [-0.05, 0) is 41.7 Å². The molecule has 150 valence electrons. The number of hydrogen-bond donors (Lipinski definition) is 0.